The van der Waals surface area contributed by atoms with Crippen molar-refractivity contribution >= 4 is 38.7 Å². The van der Waals surface area contributed by atoms with Crippen molar-refractivity contribution in [3.8, 4) is 0 Å². The number of nitrogens with zero attached hydrogens (tertiary/aromatic N) is 4. The number of aromatic nitrogens is 3. The monoisotopic (exact) mass is 459 g/mol. The van der Waals surface area contributed by atoms with Gasteiger partial charge >= 0.3 is 6.09 Å². The smallest absolute Gasteiger partial charge is 0.410 e. The van der Waals surface area contributed by atoms with E-state index in [1.54, 1.807) is 17.5 Å². The Morgan fingerprint density at radius 2 is 2.06 bits per heavy atom. The van der Waals surface area contributed by atoms with E-state index in [1.165, 1.54) is 9.61 Å². The van der Waals surface area contributed by atoms with Crippen LogP contribution in [0.1, 0.15) is 64.1 Å². The van der Waals surface area contributed by atoms with Crippen LogP contribution >= 0.6 is 11.3 Å². The molecule has 0 atom stereocenters. The molecule has 3 aromatic rings. The van der Waals surface area contributed by atoms with Crippen LogP contribution in [0.25, 0.3) is 21.3 Å². The van der Waals surface area contributed by atoms with Crippen molar-refractivity contribution in [1.82, 2.24) is 14.5 Å². The van der Waals surface area contributed by atoms with Gasteiger partial charge in [-0.25, -0.2) is 9.78 Å². The van der Waals surface area contributed by atoms with Crippen molar-refractivity contribution in [3.05, 3.63) is 23.0 Å². The van der Waals surface area contributed by atoms with Gasteiger partial charge in [0.05, 0.1) is 5.52 Å². The quantitative estimate of drug-likeness (QED) is 0.427. The van der Waals surface area contributed by atoms with Crippen LogP contribution in [0.15, 0.2) is 12.3 Å². The second-order valence-corrected chi connectivity index (χ2v) is 11.2. The summed E-state index contributed by atoms with van der Waals surface area (Å²) in [5.41, 5.74) is 2.34. The van der Waals surface area contributed by atoms with Gasteiger partial charge in [-0.05, 0) is 52.9 Å². The van der Waals surface area contributed by atoms with Gasteiger partial charge in [-0.2, -0.15) is 0 Å². The van der Waals surface area contributed by atoms with Crippen molar-refractivity contribution in [3.63, 3.8) is 0 Å². The topological polar surface area (TPSA) is 71.5 Å². The minimum Gasteiger partial charge on any atom is -0.444 e. The molecule has 0 aliphatic carbocycles. The van der Waals surface area contributed by atoms with Gasteiger partial charge in [0.25, 0.3) is 11.7 Å². The molecule has 1 fully saturated rings. The summed E-state index contributed by atoms with van der Waals surface area (Å²) in [4.78, 5) is 20.4. The number of pyridine rings is 1. The van der Waals surface area contributed by atoms with E-state index in [0.717, 1.165) is 78.8 Å². The van der Waals surface area contributed by atoms with E-state index in [1.807, 2.05) is 31.7 Å². The Morgan fingerprint density at radius 3 is 2.72 bits per heavy atom. The van der Waals surface area contributed by atoms with Gasteiger partial charge in [0.15, 0.2) is 5.52 Å². The molecule has 0 unspecified atom stereocenters. The maximum atomic E-state index is 12.4. The molecule has 1 N–H and O–H groups in total. The number of ether oxygens (including phenoxy) is 1. The van der Waals surface area contributed by atoms with Gasteiger partial charge in [0.1, 0.15) is 16.1 Å². The van der Waals surface area contributed by atoms with Gasteiger partial charge in [-0.15, -0.1) is 11.3 Å². The number of hydrogen-bond acceptors (Lipinski definition) is 5. The minimum absolute atomic E-state index is 0.212. The van der Waals surface area contributed by atoms with Gasteiger partial charge in [-0.1, -0.05) is 13.3 Å². The van der Waals surface area contributed by atoms with Crippen LogP contribution in [0.4, 0.5) is 4.79 Å². The number of carbonyl (C=O) groups excluding carboxylic acids is 1. The molecule has 1 amide bonds. The largest absolute Gasteiger partial charge is 0.444 e. The number of carbonyl (C=O) groups is 1. The zero-order valence-corrected chi connectivity index (χ0v) is 20.7. The molecule has 7 nitrogen and oxygen atoms in total. The highest BCUT2D eigenvalue weighted by Gasteiger charge is 2.29. The van der Waals surface area contributed by atoms with Crippen LogP contribution in [0.3, 0.4) is 0 Å². The number of unbranched alkanes of at least 4 members (excludes halogenated alkanes) is 1. The fraction of sp³-hybridized carbons (Fsp3) is 0.625. The third-order valence-corrected chi connectivity index (χ3v) is 7.12. The molecule has 0 radical (unpaired) electrons. The number of piperidine rings is 1. The predicted molar refractivity (Wildman–Crippen MR) is 126 cm³/mol. The molecule has 3 aromatic heterocycles. The second kappa shape index (κ2) is 8.89. The third-order valence-electron chi connectivity index (χ3n) is 6.08. The summed E-state index contributed by atoms with van der Waals surface area (Å²) in [6.07, 6.45) is 6.56. The summed E-state index contributed by atoms with van der Waals surface area (Å²) in [7, 11) is 0. The summed E-state index contributed by atoms with van der Waals surface area (Å²) in [6.45, 7) is 12.3. The second-order valence-electron chi connectivity index (χ2n) is 9.93. The Bertz CT molecular complexity index is 1120. The van der Waals surface area contributed by atoms with Crippen LogP contribution in [0, 0.1) is 12.8 Å². The Balaban J connectivity index is 1.60. The lowest BCUT2D eigenvalue weighted by molar-refractivity contribution is -0.883. The number of fused-ring (bicyclic) bond motifs is 3. The highest BCUT2D eigenvalue weighted by atomic mass is 32.1. The lowest BCUT2D eigenvalue weighted by atomic mass is 9.96. The molecule has 0 bridgehead atoms. The maximum Gasteiger partial charge on any atom is 0.410 e. The van der Waals surface area contributed by atoms with E-state index in [-0.39, 0.29) is 6.09 Å². The highest BCUT2D eigenvalue weighted by molar-refractivity contribution is 7.19. The van der Waals surface area contributed by atoms with Crippen LogP contribution < -0.4 is 4.73 Å². The molecular formula is C24H35N4O3S+. The van der Waals surface area contributed by atoms with Crippen molar-refractivity contribution in [2.45, 2.75) is 78.9 Å². The Kier molecular flexibility index (Phi) is 6.34. The molecule has 1 aliphatic heterocycles. The average Bonchev–Trinajstić information content (AvgIpc) is 3.26. The first-order chi connectivity index (χ1) is 15.2. The lowest BCUT2D eigenvalue weighted by Crippen LogP contribution is -2.42. The summed E-state index contributed by atoms with van der Waals surface area (Å²) in [6, 6.07) is 2.03. The average molecular weight is 460 g/mol. The minimum atomic E-state index is -0.467. The fourth-order valence-corrected chi connectivity index (χ4v) is 5.54. The molecule has 0 saturated carbocycles. The Hall–Kier alpha value is -2.35. The number of aryl methyl sites for hydroxylation is 2. The molecule has 32 heavy (non-hydrogen) atoms. The molecule has 0 spiro atoms. The fourth-order valence-electron chi connectivity index (χ4n) is 4.48. The first-order valence-electron chi connectivity index (χ1n) is 11.7. The molecule has 8 heteroatoms. The normalized spacial score (nSPS) is 15.7. The molecule has 4 rings (SSSR count). The van der Waals surface area contributed by atoms with Crippen molar-refractivity contribution in [2.75, 3.05) is 13.1 Å². The third kappa shape index (κ3) is 4.70. The number of rotatable bonds is 5. The van der Waals surface area contributed by atoms with Gasteiger partial charge in [0, 0.05) is 41.7 Å². The van der Waals surface area contributed by atoms with E-state index in [4.69, 9.17) is 9.72 Å². The molecular weight excluding hydrogens is 424 g/mol. The Morgan fingerprint density at radius 1 is 1.34 bits per heavy atom. The molecule has 0 aromatic carbocycles. The highest BCUT2D eigenvalue weighted by Crippen LogP contribution is 2.32. The van der Waals surface area contributed by atoms with E-state index in [2.05, 4.69) is 18.4 Å². The summed E-state index contributed by atoms with van der Waals surface area (Å²) in [5.74, 6) is 1.57. The standard InChI is InChI=1S/C24H35N4O3S/c1-6-7-8-20-25-18-15-28(30)19-13-16(2)32-22(19)21(18)27(20)14-17-9-11-26(12-10-17)23(29)31-24(3,4)5/h13,15,17,30H,6-12,14H2,1-5H3/q+1. The first-order valence-corrected chi connectivity index (χ1v) is 12.5. The van der Waals surface area contributed by atoms with Crippen molar-refractivity contribution < 1.29 is 19.5 Å². The van der Waals surface area contributed by atoms with E-state index < -0.39 is 5.60 Å². The number of thiophene rings is 1. The summed E-state index contributed by atoms with van der Waals surface area (Å²) in [5, 5.41) is 10.5. The number of hydrogen-bond donors (Lipinski definition) is 1. The Labute approximate surface area is 193 Å². The maximum absolute atomic E-state index is 12.4. The number of likely N-dealkylation sites (tertiary alicyclic amines) is 1. The predicted octanol–water partition coefficient (Wildman–Crippen LogP) is 5.07. The van der Waals surface area contributed by atoms with Gasteiger partial charge in [-0.3, -0.25) is 5.21 Å². The zero-order valence-electron chi connectivity index (χ0n) is 19.8. The summed E-state index contributed by atoms with van der Waals surface area (Å²) >= 11 is 1.71. The van der Waals surface area contributed by atoms with Crippen LogP contribution in [0.2, 0.25) is 0 Å². The van der Waals surface area contributed by atoms with Gasteiger partial charge < -0.3 is 14.2 Å². The first kappa shape index (κ1) is 22.8. The van der Waals surface area contributed by atoms with Crippen molar-refractivity contribution in [2.24, 2.45) is 5.92 Å². The number of imidazole rings is 1. The molecule has 1 saturated heterocycles. The zero-order chi connectivity index (χ0) is 23.0. The van der Waals surface area contributed by atoms with Crippen LogP contribution in [-0.2, 0) is 17.7 Å². The van der Waals surface area contributed by atoms with Crippen LogP contribution in [-0.4, -0.2) is 44.4 Å². The van der Waals surface area contributed by atoms with Gasteiger partial charge in [0.2, 0.25) is 0 Å². The van der Waals surface area contributed by atoms with Crippen LogP contribution in [0.5, 0.6) is 0 Å². The molecule has 4 heterocycles. The number of amides is 1. The van der Waals surface area contributed by atoms with Crippen molar-refractivity contribution in [1.29, 1.82) is 0 Å². The lowest BCUT2D eigenvalue weighted by Gasteiger charge is -2.33. The van der Waals surface area contributed by atoms with E-state index in [9.17, 15) is 10.0 Å². The SMILES string of the molecule is CCCCc1nc2c[n+](O)c3cc(C)sc3c2n1CC1CCN(C(=O)OC(C)(C)C)CC1. The molecule has 174 valence electrons. The van der Waals surface area contributed by atoms with E-state index in [0.29, 0.717) is 5.92 Å². The van der Waals surface area contributed by atoms with E-state index >= 15 is 0 Å². The summed E-state index contributed by atoms with van der Waals surface area (Å²) < 4.78 is 10.2. The molecule has 1 aliphatic rings.